The zero-order valence-electron chi connectivity index (χ0n) is 12.0. The fourth-order valence-electron chi connectivity index (χ4n) is 2.82. The maximum Gasteiger partial charge on any atom is 0.248 e. The van der Waals surface area contributed by atoms with Crippen LogP contribution in [0.1, 0.15) is 26.7 Å². The molecule has 7 nitrogen and oxygen atoms in total. The molecule has 1 aromatic rings. The van der Waals surface area contributed by atoms with Gasteiger partial charge in [0, 0.05) is 19.1 Å². The third-order valence-electron chi connectivity index (χ3n) is 4.00. The molecule has 0 unspecified atom stereocenters. The van der Waals surface area contributed by atoms with E-state index in [1.165, 1.54) is 10.5 Å². The molecule has 0 aliphatic carbocycles. The molecular weight excluding hydrogens is 278 g/mol. The van der Waals surface area contributed by atoms with E-state index in [0.29, 0.717) is 19.1 Å². The fourth-order valence-corrected chi connectivity index (χ4v) is 4.30. The van der Waals surface area contributed by atoms with Crippen molar-refractivity contribution in [1.29, 1.82) is 0 Å². The average Bonchev–Trinajstić information content (AvgIpc) is 2.88. The zero-order valence-corrected chi connectivity index (χ0v) is 12.9. The molecule has 0 bridgehead atoms. The second kappa shape index (κ2) is 6.11. The number of nitrogens with zero attached hydrogens (tertiary/aromatic N) is 3. The summed E-state index contributed by atoms with van der Waals surface area (Å²) in [6.45, 7) is 7.35. The van der Waals surface area contributed by atoms with Crippen LogP contribution in [0.5, 0.6) is 0 Å². The van der Waals surface area contributed by atoms with Crippen LogP contribution in [0, 0.1) is 0 Å². The van der Waals surface area contributed by atoms with Crippen molar-refractivity contribution in [3.05, 3.63) is 6.20 Å². The van der Waals surface area contributed by atoms with Crippen molar-refractivity contribution in [1.82, 2.24) is 19.4 Å². The maximum atomic E-state index is 12.5. The van der Waals surface area contributed by atoms with Crippen molar-refractivity contribution in [3.63, 3.8) is 0 Å². The number of aromatic amines is 1. The van der Waals surface area contributed by atoms with E-state index >= 15 is 0 Å². The molecule has 1 saturated heterocycles. The van der Waals surface area contributed by atoms with Crippen molar-refractivity contribution >= 4 is 15.8 Å². The van der Waals surface area contributed by atoms with Crippen LogP contribution in [0.4, 0.5) is 5.82 Å². The molecule has 0 aromatic carbocycles. The summed E-state index contributed by atoms with van der Waals surface area (Å²) in [6, 6.07) is 0.471. The quantitative estimate of drug-likeness (QED) is 0.825. The van der Waals surface area contributed by atoms with Gasteiger partial charge in [-0.15, -0.1) is 0 Å². The molecule has 0 atom stereocenters. The molecule has 1 aliphatic heterocycles. The molecule has 114 valence electrons. The zero-order chi connectivity index (χ0) is 14.8. The lowest BCUT2D eigenvalue weighted by Gasteiger charge is -2.36. The number of nitrogen functional groups attached to an aromatic ring is 1. The Labute approximate surface area is 120 Å². The van der Waals surface area contributed by atoms with Gasteiger partial charge in [-0.25, -0.2) is 8.42 Å². The van der Waals surface area contributed by atoms with E-state index in [1.807, 2.05) is 0 Å². The van der Waals surface area contributed by atoms with E-state index in [0.717, 1.165) is 25.9 Å². The molecule has 2 heterocycles. The molecule has 1 fully saturated rings. The molecule has 0 saturated carbocycles. The molecule has 0 spiro atoms. The van der Waals surface area contributed by atoms with Gasteiger partial charge in [-0.2, -0.15) is 9.40 Å². The molecule has 1 aromatic heterocycles. The number of hydrogen-bond donors (Lipinski definition) is 2. The molecule has 1 aliphatic rings. The lowest BCUT2D eigenvalue weighted by atomic mass is 10.1. The smallest absolute Gasteiger partial charge is 0.248 e. The van der Waals surface area contributed by atoms with Gasteiger partial charge in [0.15, 0.2) is 0 Å². The number of piperidine rings is 1. The third kappa shape index (κ3) is 2.82. The molecule has 20 heavy (non-hydrogen) atoms. The highest BCUT2D eigenvalue weighted by atomic mass is 32.2. The number of H-pyrrole nitrogens is 1. The van der Waals surface area contributed by atoms with Gasteiger partial charge in [0.1, 0.15) is 10.7 Å². The Morgan fingerprint density at radius 2 is 2.00 bits per heavy atom. The number of sulfonamides is 1. The van der Waals surface area contributed by atoms with E-state index < -0.39 is 10.0 Å². The van der Waals surface area contributed by atoms with Crippen molar-refractivity contribution in [2.75, 3.05) is 31.9 Å². The predicted molar refractivity (Wildman–Crippen MR) is 77.7 cm³/mol. The Balaban J connectivity index is 2.06. The first kappa shape index (κ1) is 15.3. The fraction of sp³-hybridized carbons (Fsp3) is 0.750. The van der Waals surface area contributed by atoms with Crippen LogP contribution in [-0.2, 0) is 10.0 Å². The van der Waals surface area contributed by atoms with Crippen LogP contribution in [-0.4, -0.2) is 60.0 Å². The molecular formula is C12H23N5O2S. The Kier molecular flexibility index (Phi) is 4.66. The first-order valence-corrected chi connectivity index (χ1v) is 8.47. The van der Waals surface area contributed by atoms with Crippen LogP contribution < -0.4 is 5.73 Å². The van der Waals surface area contributed by atoms with Gasteiger partial charge in [0.2, 0.25) is 10.0 Å². The summed E-state index contributed by atoms with van der Waals surface area (Å²) in [5.41, 5.74) is 5.62. The number of nitrogens with two attached hydrogens (primary N) is 1. The highest BCUT2D eigenvalue weighted by molar-refractivity contribution is 7.89. The maximum absolute atomic E-state index is 12.5. The molecule has 2 rings (SSSR count). The molecule has 8 heteroatoms. The number of anilines is 1. The Bertz CT molecular complexity index is 530. The Morgan fingerprint density at radius 1 is 1.40 bits per heavy atom. The van der Waals surface area contributed by atoms with Gasteiger partial charge in [-0.05, 0) is 25.9 Å². The van der Waals surface area contributed by atoms with Crippen LogP contribution in [0.2, 0.25) is 0 Å². The topological polar surface area (TPSA) is 95.3 Å². The van der Waals surface area contributed by atoms with Crippen LogP contribution >= 0.6 is 0 Å². The molecule has 0 amide bonds. The van der Waals surface area contributed by atoms with Gasteiger partial charge >= 0.3 is 0 Å². The second-order valence-electron chi connectivity index (χ2n) is 5.00. The summed E-state index contributed by atoms with van der Waals surface area (Å²) in [7, 11) is -3.52. The van der Waals surface area contributed by atoms with E-state index in [1.54, 1.807) is 0 Å². The lowest BCUT2D eigenvalue weighted by molar-refractivity contribution is 0.152. The van der Waals surface area contributed by atoms with Gasteiger partial charge in [0.05, 0.1) is 6.20 Å². The minimum absolute atomic E-state index is 0.0822. The average molecular weight is 301 g/mol. The highest BCUT2D eigenvalue weighted by Crippen LogP contribution is 2.25. The van der Waals surface area contributed by atoms with Crippen molar-refractivity contribution < 1.29 is 8.42 Å². The summed E-state index contributed by atoms with van der Waals surface area (Å²) >= 11 is 0. The number of nitrogens with one attached hydrogen (secondary N) is 1. The van der Waals surface area contributed by atoms with Crippen molar-refractivity contribution in [3.8, 4) is 0 Å². The van der Waals surface area contributed by atoms with Gasteiger partial charge in [-0.1, -0.05) is 13.8 Å². The number of hydrogen-bond acceptors (Lipinski definition) is 5. The van der Waals surface area contributed by atoms with E-state index in [-0.39, 0.29) is 10.7 Å². The predicted octanol–water partition coefficient (Wildman–Crippen LogP) is 0.487. The largest absolute Gasteiger partial charge is 0.383 e. The Hall–Kier alpha value is -1.12. The molecule has 0 radical (unpaired) electrons. The second-order valence-corrected chi connectivity index (χ2v) is 6.91. The summed E-state index contributed by atoms with van der Waals surface area (Å²) in [5, 5.41) is 6.16. The monoisotopic (exact) mass is 301 g/mol. The lowest BCUT2D eigenvalue weighted by Crippen LogP contribution is -2.46. The number of rotatable bonds is 5. The van der Waals surface area contributed by atoms with Crippen molar-refractivity contribution in [2.24, 2.45) is 0 Å². The molecule has 3 N–H and O–H groups in total. The van der Waals surface area contributed by atoms with E-state index in [4.69, 9.17) is 5.73 Å². The summed E-state index contributed by atoms with van der Waals surface area (Å²) < 4.78 is 26.4. The first-order chi connectivity index (χ1) is 9.50. The summed E-state index contributed by atoms with van der Waals surface area (Å²) in [6.07, 6.45) is 3.00. The summed E-state index contributed by atoms with van der Waals surface area (Å²) in [4.78, 5) is 2.47. The third-order valence-corrected chi connectivity index (χ3v) is 5.93. The van der Waals surface area contributed by atoms with Crippen LogP contribution in [0.3, 0.4) is 0 Å². The standard InChI is InChI=1S/C12H23N5O2S/c1-3-16(4-2)10-5-7-17(8-6-10)20(18,19)11-9-14-15-12(11)13/h9-10H,3-8H2,1-2H3,(H3,13,14,15). The number of aromatic nitrogens is 2. The normalized spacial score (nSPS) is 18.8. The van der Waals surface area contributed by atoms with Crippen molar-refractivity contribution in [2.45, 2.75) is 37.6 Å². The van der Waals surface area contributed by atoms with Gasteiger partial charge in [0.25, 0.3) is 0 Å². The van der Waals surface area contributed by atoms with E-state index in [9.17, 15) is 8.42 Å². The minimum atomic E-state index is -3.52. The minimum Gasteiger partial charge on any atom is -0.383 e. The van der Waals surface area contributed by atoms with Gasteiger partial charge in [-0.3, -0.25) is 5.10 Å². The Morgan fingerprint density at radius 3 is 2.45 bits per heavy atom. The first-order valence-electron chi connectivity index (χ1n) is 7.03. The summed E-state index contributed by atoms with van der Waals surface area (Å²) in [5.74, 6) is 0.107. The van der Waals surface area contributed by atoms with Crippen LogP contribution in [0.15, 0.2) is 11.1 Å². The van der Waals surface area contributed by atoms with Crippen LogP contribution in [0.25, 0.3) is 0 Å². The SMILES string of the molecule is CCN(CC)C1CCN(S(=O)(=O)c2cn[nH]c2N)CC1. The van der Waals surface area contributed by atoms with Gasteiger partial charge < -0.3 is 10.6 Å². The highest BCUT2D eigenvalue weighted by Gasteiger charge is 2.32. The van der Waals surface area contributed by atoms with E-state index in [2.05, 4.69) is 28.9 Å².